The van der Waals surface area contributed by atoms with E-state index in [2.05, 4.69) is 31.4 Å². The zero-order valence-electron chi connectivity index (χ0n) is 13.8. The van der Waals surface area contributed by atoms with Crippen LogP contribution in [-0.4, -0.2) is 17.1 Å². The predicted octanol–water partition coefficient (Wildman–Crippen LogP) is 4.19. The van der Waals surface area contributed by atoms with Crippen LogP contribution in [0.3, 0.4) is 0 Å². The summed E-state index contributed by atoms with van der Waals surface area (Å²) in [5, 5.41) is 3.98. The number of benzene rings is 2. The van der Waals surface area contributed by atoms with Gasteiger partial charge in [-0.2, -0.15) is 5.10 Å². The Labute approximate surface area is 159 Å². The van der Waals surface area contributed by atoms with Crippen LogP contribution in [0.4, 0.5) is 0 Å². The number of rotatable bonds is 6. The van der Waals surface area contributed by atoms with Crippen molar-refractivity contribution in [3.05, 3.63) is 94.2 Å². The van der Waals surface area contributed by atoms with Gasteiger partial charge in [0.2, 0.25) is 0 Å². The highest BCUT2D eigenvalue weighted by atomic mass is 79.9. The van der Waals surface area contributed by atoms with Gasteiger partial charge in [0, 0.05) is 16.9 Å². The third-order valence-electron chi connectivity index (χ3n) is 3.51. The van der Waals surface area contributed by atoms with Gasteiger partial charge in [0.05, 0.1) is 11.8 Å². The quantitative estimate of drug-likeness (QED) is 0.490. The van der Waals surface area contributed by atoms with Crippen molar-refractivity contribution in [2.24, 2.45) is 5.10 Å². The highest BCUT2D eigenvalue weighted by Gasteiger charge is 2.13. The van der Waals surface area contributed by atoms with Gasteiger partial charge in [0.15, 0.2) is 0 Å². The monoisotopic (exact) mass is 409 g/mol. The molecule has 3 aromatic rings. The fourth-order valence-electron chi connectivity index (χ4n) is 2.21. The van der Waals surface area contributed by atoms with Gasteiger partial charge in [0.1, 0.15) is 12.4 Å². The van der Waals surface area contributed by atoms with Gasteiger partial charge < -0.3 is 4.74 Å². The lowest BCUT2D eigenvalue weighted by Gasteiger charge is -2.11. The van der Waals surface area contributed by atoms with Crippen molar-refractivity contribution in [2.75, 3.05) is 0 Å². The third kappa shape index (κ3) is 5.00. The first-order valence-corrected chi connectivity index (χ1v) is 8.71. The van der Waals surface area contributed by atoms with Crippen LogP contribution in [0.5, 0.6) is 5.75 Å². The number of nitrogens with one attached hydrogen (secondary N) is 1. The van der Waals surface area contributed by atoms with E-state index in [0.29, 0.717) is 17.9 Å². The van der Waals surface area contributed by atoms with Crippen molar-refractivity contribution in [1.29, 1.82) is 0 Å². The highest BCUT2D eigenvalue weighted by Crippen LogP contribution is 2.24. The molecule has 1 amide bonds. The van der Waals surface area contributed by atoms with Crippen LogP contribution in [0, 0.1) is 0 Å². The minimum Gasteiger partial charge on any atom is -0.488 e. The van der Waals surface area contributed by atoms with Crippen molar-refractivity contribution in [3.8, 4) is 5.75 Å². The molecule has 26 heavy (non-hydrogen) atoms. The van der Waals surface area contributed by atoms with Crippen molar-refractivity contribution >= 4 is 28.1 Å². The second-order valence-corrected chi connectivity index (χ2v) is 6.31. The van der Waals surface area contributed by atoms with E-state index in [9.17, 15) is 4.79 Å². The van der Waals surface area contributed by atoms with Gasteiger partial charge in [-0.3, -0.25) is 9.78 Å². The van der Waals surface area contributed by atoms with E-state index in [-0.39, 0.29) is 5.91 Å². The lowest BCUT2D eigenvalue weighted by Crippen LogP contribution is -2.18. The molecular weight excluding hydrogens is 394 g/mol. The summed E-state index contributed by atoms with van der Waals surface area (Å²) in [6.07, 6.45) is 4.88. The Morgan fingerprint density at radius 3 is 2.65 bits per heavy atom. The molecule has 5 nitrogen and oxygen atoms in total. The molecule has 0 radical (unpaired) electrons. The van der Waals surface area contributed by atoms with Gasteiger partial charge >= 0.3 is 0 Å². The number of hydrogen-bond acceptors (Lipinski definition) is 4. The maximum Gasteiger partial charge on any atom is 0.275 e. The molecule has 0 unspecified atom stereocenters. The third-order valence-corrected chi connectivity index (χ3v) is 4.00. The normalized spacial score (nSPS) is 10.7. The number of ether oxygens (including phenoxy) is 1. The smallest absolute Gasteiger partial charge is 0.275 e. The van der Waals surface area contributed by atoms with Gasteiger partial charge in [-0.15, -0.1) is 0 Å². The second-order valence-electron chi connectivity index (χ2n) is 5.39. The summed E-state index contributed by atoms with van der Waals surface area (Å²) in [4.78, 5) is 16.4. The average molecular weight is 410 g/mol. The lowest BCUT2D eigenvalue weighted by atomic mass is 10.2. The van der Waals surface area contributed by atoms with Crippen LogP contribution in [0.2, 0.25) is 0 Å². The number of carbonyl (C=O) groups is 1. The van der Waals surface area contributed by atoms with Crippen LogP contribution in [0.1, 0.15) is 21.5 Å². The van der Waals surface area contributed by atoms with E-state index in [1.165, 1.54) is 0 Å². The van der Waals surface area contributed by atoms with Crippen LogP contribution in [0.15, 0.2) is 82.6 Å². The molecule has 1 N–H and O–H groups in total. The van der Waals surface area contributed by atoms with Crippen LogP contribution >= 0.6 is 15.9 Å². The zero-order chi connectivity index (χ0) is 18.2. The zero-order valence-corrected chi connectivity index (χ0v) is 15.4. The number of amides is 1. The molecule has 130 valence electrons. The van der Waals surface area contributed by atoms with Crippen LogP contribution in [0.25, 0.3) is 0 Å². The summed E-state index contributed by atoms with van der Waals surface area (Å²) in [5.74, 6) is 0.144. The van der Waals surface area contributed by atoms with E-state index in [1.54, 1.807) is 48.9 Å². The van der Waals surface area contributed by atoms with Gasteiger partial charge in [-0.05, 0) is 41.5 Å². The first kappa shape index (κ1) is 17.8. The Morgan fingerprint density at radius 2 is 1.88 bits per heavy atom. The molecule has 0 fully saturated rings. The number of carbonyl (C=O) groups excluding carboxylic acids is 1. The van der Waals surface area contributed by atoms with E-state index >= 15 is 0 Å². The number of hydrazone groups is 1. The average Bonchev–Trinajstić information content (AvgIpc) is 2.68. The number of halogens is 1. The summed E-state index contributed by atoms with van der Waals surface area (Å²) in [6, 6.07) is 18.6. The molecule has 6 heteroatoms. The summed E-state index contributed by atoms with van der Waals surface area (Å²) in [7, 11) is 0. The van der Waals surface area contributed by atoms with Crippen LogP contribution < -0.4 is 10.2 Å². The summed E-state index contributed by atoms with van der Waals surface area (Å²) < 4.78 is 6.67. The Balaban J connectivity index is 1.70. The van der Waals surface area contributed by atoms with Crippen molar-refractivity contribution in [2.45, 2.75) is 6.61 Å². The molecular formula is C20H16BrN3O2. The molecule has 0 aliphatic heterocycles. The minimum atomic E-state index is -0.342. The fourth-order valence-corrected chi connectivity index (χ4v) is 2.55. The standard InChI is InChI=1S/C20H16BrN3O2/c21-17-6-7-18(19(12-17)26-14-16-4-2-1-3-5-16)20(25)24-23-13-15-8-10-22-11-9-15/h1-13H,14H2,(H,24,25)/b23-13+. The molecule has 0 saturated carbocycles. The molecule has 0 atom stereocenters. The molecule has 1 aromatic heterocycles. The molecule has 0 spiro atoms. The Kier molecular flexibility index (Phi) is 6.11. The van der Waals surface area contributed by atoms with E-state index < -0.39 is 0 Å². The number of pyridine rings is 1. The molecule has 1 heterocycles. The van der Waals surface area contributed by atoms with E-state index in [0.717, 1.165) is 15.6 Å². The molecule has 0 aliphatic rings. The first-order chi connectivity index (χ1) is 12.7. The second kappa shape index (κ2) is 8.92. The lowest BCUT2D eigenvalue weighted by molar-refractivity contribution is 0.0950. The topological polar surface area (TPSA) is 63.6 Å². The highest BCUT2D eigenvalue weighted by molar-refractivity contribution is 9.10. The van der Waals surface area contributed by atoms with E-state index in [4.69, 9.17) is 4.74 Å². The molecule has 0 aliphatic carbocycles. The van der Waals surface area contributed by atoms with Gasteiger partial charge in [-0.1, -0.05) is 46.3 Å². The maximum absolute atomic E-state index is 12.4. The summed E-state index contributed by atoms with van der Waals surface area (Å²) in [5.41, 5.74) is 4.80. The van der Waals surface area contributed by atoms with Crippen molar-refractivity contribution in [3.63, 3.8) is 0 Å². The largest absolute Gasteiger partial charge is 0.488 e. The molecule has 3 rings (SSSR count). The first-order valence-electron chi connectivity index (χ1n) is 7.92. The molecule has 2 aromatic carbocycles. The van der Waals surface area contributed by atoms with Gasteiger partial charge in [0.25, 0.3) is 5.91 Å². The summed E-state index contributed by atoms with van der Waals surface area (Å²) >= 11 is 3.41. The van der Waals surface area contributed by atoms with Crippen molar-refractivity contribution in [1.82, 2.24) is 10.4 Å². The molecule has 0 bridgehead atoms. The SMILES string of the molecule is O=C(N/N=C/c1ccncc1)c1ccc(Br)cc1OCc1ccccc1. The minimum absolute atomic E-state index is 0.342. The Morgan fingerprint density at radius 1 is 1.12 bits per heavy atom. The Bertz CT molecular complexity index is 899. The van der Waals surface area contributed by atoms with Gasteiger partial charge in [-0.25, -0.2) is 5.43 Å². The Hall–Kier alpha value is -2.99. The number of hydrogen-bond donors (Lipinski definition) is 1. The maximum atomic E-state index is 12.4. The fraction of sp³-hybridized carbons (Fsp3) is 0.0500. The number of nitrogens with zero attached hydrogens (tertiary/aromatic N) is 2. The van der Waals surface area contributed by atoms with Crippen molar-refractivity contribution < 1.29 is 9.53 Å². The molecule has 0 saturated heterocycles. The van der Waals surface area contributed by atoms with E-state index in [1.807, 2.05) is 30.3 Å². The van der Waals surface area contributed by atoms with Crippen LogP contribution in [-0.2, 0) is 6.61 Å². The summed E-state index contributed by atoms with van der Waals surface area (Å²) in [6.45, 7) is 0.373. The predicted molar refractivity (Wildman–Crippen MR) is 104 cm³/mol. The number of aromatic nitrogens is 1.